The van der Waals surface area contributed by atoms with E-state index < -0.39 is 20.3 Å². The summed E-state index contributed by atoms with van der Waals surface area (Å²) in [7, 11) is 10.4. The van der Waals surface area contributed by atoms with Gasteiger partial charge in [0, 0.05) is 109 Å². The summed E-state index contributed by atoms with van der Waals surface area (Å²) < 4.78 is 41.9. The van der Waals surface area contributed by atoms with E-state index in [0.29, 0.717) is 6.61 Å². The second-order valence-electron chi connectivity index (χ2n) is 9.75. The van der Waals surface area contributed by atoms with Gasteiger partial charge in [-0.15, -0.1) is 43.5 Å². The zero-order chi connectivity index (χ0) is 59.3. The number of nitrogens with zero attached hydrogens (tertiary/aromatic N) is 2. The second-order valence-corrected chi connectivity index (χ2v) is 15.5. The zero-order valence-electron chi connectivity index (χ0n) is 47.8. The Kier molecular flexibility index (Phi) is 198. The number of methoxy groups -OCH3 is 4. The molecule has 0 bridgehead atoms. The standard InChI is InChI=1S/C5H9N.C5H8OS.C5H8O.C5H8.C4H7N.3C4H6O.2C4H6S.C4H6.C3H4OS.C3H4O.C3H4S/c1-4-5-6(2)3;1-4-5-7(2,3)6;1-3-5-6-4-2;1-3-5-4-2;1-4-5(2)3;4*1-3-4-5-2;1-3-5-4-2;1-3-4-2;1-3-5(2)4;2*1-3-4-2/h1-3H3;2H2,1,3H3;4H2,1-2H3;3H2,1-2H3;1H,2-3H3;4*1-2H3;1H,4H2,2H3;1H,4H2,2H3;1H,2H3;2*1H,2H3/t;;;;;;;;;;;5-;;/m...........0../s1. The lowest BCUT2D eigenvalue weighted by Gasteiger charge is -1.94. The molecule has 0 aromatic carbocycles. The molecular formula is C57H88N2O7S5. The van der Waals surface area contributed by atoms with E-state index in [0.717, 1.165) is 18.6 Å². The normalized spacial score (nSPS) is 6.79. The summed E-state index contributed by atoms with van der Waals surface area (Å²) in [4.78, 5) is 3.47. The molecule has 0 saturated heterocycles. The van der Waals surface area contributed by atoms with Crippen molar-refractivity contribution in [3.05, 3.63) is 0 Å². The molecule has 0 aliphatic carbocycles. The van der Waals surface area contributed by atoms with Crippen molar-refractivity contribution in [2.24, 2.45) is 0 Å². The first-order valence-corrected chi connectivity index (χ1v) is 27.1. The van der Waals surface area contributed by atoms with E-state index in [-0.39, 0.29) is 0 Å². The van der Waals surface area contributed by atoms with E-state index >= 15 is 0 Å². The summed E-state index contributed by atoms with van der Waals surface area (Å²) in [6.07, 6.45) is 48.5. The highest BCUT2D eigenvalue weighted by molar-refractivity contribution is 8.04. The first-order chi connectivity index (χ1) is 33.5. The minimum Gasteiger partial charge on any atom is -0.450 e. The highest BCUT2D eigenvalue weighted by atomic mass is 32.2. The lowest BCUT2D eigenvalue weighted by atomic mass is 10.5. The van der Waals surface area contributed by atoms with E-state index in [4.69, 9.17) is 25.7 Å². The van der Waals surface area contributed by atoms with Crippen LogP contribution in [0.25, 0.3) is 0 Å². The highest BCUT2D eigenvalue weighted by Crippen LogP contribution is 1.89. The van der Waals surface area contributed by atoms with Crippen LogP contribution in [0.1, 0.15) is 95.9 Å². The molecule has 1 unspecified atom stereocenters. The van der Waals surface area contributed by atoms with Crippen LogP contribution < -0.4 is 0 Å². The molecule has 0 aliphatic heterocycles. The molecule has 0 radical (unpaired) electrons. The predicted molar refractivity (Wildman–Crippen MR) is 329 cm³/mol. The molecule has 0 fully saturated rings. The summed E-state index contributed by atoms with van der Waals surface area (Å²) in [5.41, 5.74) is 0. The summed E-state index contributed by atoms with van der Waals surface area (Å²) >= 11 is 4.42. The quantitative estimate of drug-likeness (QED) is 0.150. The average molecular weight is 1070 g/mol. The molecule has 9 nitrogen and oxygen atoms in total. The fraction of sp³-hybridized carbons (Fsp3) is 0.491. The third-order valence-electron chi connectivity index (χ3n) is 3.23. The summed E-state index contributed by atoms with van der Waals surface area (Å²) in [6, 6.07) is 5.15. The lowest BCUT2D eigenvalue weighted by molar-refractivity contribution is 0.299. The van der Waals surface area contributed by atoms with Gasteiger partial charge in [-0.2, -0.15) is 0 Å². The SMILES string of the molecule is C#CCC.C#CN(C)C.C#COC.C#CSC.C#CSCC.C#C[S@](C)=O.C=S(C)(=O)C#CC.CC#CCC.CC#CN(C)C.CC#COC.CC#COC.CC#COC.CC#COCC.CC#CSC. The van der Waals surface area contributed by atoms with Gasteiger partial charge in [-0.1, -0.05) is 110 Å². The molecule has 0 N–H and O–H groups in total. The lowest BCUT2D eigenvalue weighted by Crippen LogP contribution is -2.00. The molecule has 2 atom stereocenters. The van der Waals surface area contributed by atoms with Gasteiger partial charge < -0.3 is 33.5 Å². The Labute approximate surface area is 457 Å². The van der Waals surface area contributed by atoms with E-state index in [9.17, 15) is 8.42 Å². The maximum atomic E-state index is 10.5. The van der Waals surface area contributed by atoms with Gasteiger partial charge in [-0.05, 0) is 79.3 Å². The molecule has 0 aromatic rings. The first kappa shape index (κ1) is 102. The van der Waals surface area contributed by atoms with Gasteiger partial charge >= 0.3 is 0 Å². The first-order valence-electron chi connectivity index (χ1n) is 20.0. The van der Waals surface area contributed by atoms with Crippen molar-refractivity contribution in [2.45, 2.75) is 95.9 Å². The maximum Gasteiger partial charge on any atom is 0.109 e. The number of hydrogen-bond acceptors (Lipinski definition) is 12. The molecule has 0 aromatic heterocycles. The molecule has 71 heavy (non-hydrogen) atoms. The van der Waals surface area contributed by atoms with Gasteiger partial charge in [0.15, 0.2) is 0 Å². The van der Waals surface area contributed by atoms with Crippen molar-refractivity contribution in [3.8, 4) is 167 Å². The third-order valence-corrected chi connectivity index (χ3v) is 5.30. The molecule has 0 heterocycles. The number of terminal acetylenes is 6. The van der Waals surface area contributed by atoms with Crippen LogP contribution in [0.4, 0.5) is 0 Å². The van der Waals surface area contributed by atoms with E-state index in [1.807, 2.05) is 105 Å². The predicted octanol–water partition coefficient (Wildman–Crippen LogP) is 10.1. The minimum atomic E-state index is -2.04. The van der Waals surface area contributed by atoms with Crippen molar-refractivity contribution in [1.82, 2.24) is 9.80 Å². The van der Waals surface area contributed by atoms with Crippen LogP contribution in [-0.4, -0.2) is 118 Å². The van der Waals surface area contributed by atoms with E-state index in [1.165, 1.54) is 64.5 Å². The number of ether oxygens (including phenoxy) is 5. The Morgan fingerprint density at radius 2 is 0.972 bits per heavy atom. The minimum absolute atomic E-state index is 0.681. The molecule has 14 heteroatoms. The Bertz CT molecular complexity index is 1830. The largest absolute Gasteiger partial charge is 0.450 e. The van der Waals surface area contributed by atoms with Crippen molar-refractivity contribution >= 4 is 61.5 Å². The Hall–Kier alpha value is -6.34. The van der Waals surface area contributed by atoms with E-state index in [2.05, 4.69) is 159 Å². The van der Waals surface area contributed by atoms with Crippen molar-refractivity contribution in [3.63, 3.8) is 0 Å². The third kappa shape index (κ3) is 471. The Balaban J connectivity index is -0.0000000412. The maximum absolute atomic E-state index is 10.5. The molecule has 0 aliphatic rings. The molecule has 0 spiro atoms. The summed E-state index contributed by atoms with van der Waals surface area (Å²) in [5.74, 6) is 30.6. The fourth-order valence-electron chi connectivity index (χ4n) is 1.25. The Morgan fingerprint density at radius 1 is 0.606 bits per heavy atom. The molecule has 398 valence electrons. The molecule has 0 amide bonds. The van der Waals surface area contributed by atoms with Crippen LogP contribution in [-0.2, 0) is 44.0 Å². The number of rotatable bonds is 2. The van der Waals surface area contributed by atoms with Crippen LogP contribution >= 0.6 is 35.3 Å². The van der Waals surface area contributed by atoms with Crippen LogP contribution in [0.15, 0.2) is 0 Å². The second kappa shape index (κ2) is 137. The van der Waals surface area contributed by atoms with Gasteiger partial charge in [0.25, 0.3) is 0 Å². The summed E-state index contributed by atoms with van der Waals surface area (Å²) in [6.45, 7) is 22.7. The molecule has 0 rings (SSSR count). The van der Waals surface area contributed by atoms with Crippen LogP contribution in [0.5, 0.6) is 0 Å². The van der Waals surface area contributed by atoms with Gasteiger partial charge in [0.1, 0.15) is 30.5 Å². The number of hydrogen-bond donors (Lipinski definition) is 0. The van der Waals surface area contributed by atoms with E-state index in [1.54, 1.807) is 51.3 Å². The topological polar surface area (TPSA) is 86.8 Å². The van der Waals surface area contributed by atoms with Gasteiger partial charge in [0.05, 0.1) is 45.8 Å². The van der Waals surface area contributed by atoms with Crippen LogP contribution in [0.2, 0.25) is 0 Å². The van der Waals surface area contributed by atoms with Gasteiger partial charge in [-0.3, -0.25) is 4.21 Å². The van der Waals surface area contributed by atoms with Crippen molar-refractivity contribution in [1.29, 1.82) is 0 Å². The molecule has 0 saturated carbocycles. The van der Waals surface area contributed by atoms with Crippen LogP contribution in [0.3, 0.4) is 0 Å². The fourth-order valence-corrected chi connectivity index (χ4v) is 2.05. The zero-order valence-corrected chi connectivity index (χ0v) is 51.9. The van der Waals surface area contributed by atoms with Gasteiger partial charge in [0.2, 0.25) is 0 Å². The van der Waals surface area contributed by atoms with Crippen molar-refractivity contribution < 1.29 is 32.1 Å². The van der Waals surface area contributed by atoms with Crippen molar-refractivity contribution in [2.75, 3.05) is 94.0 Å². The average Bonchev–Trinajstić information content (AvgIpc) is 3.34. The monoisotopic (exact) mass is 1070 g/mol. The number of thioether (sulfide) groups is 3. The smallest absolute Gasteiger partial charge is 0.109 e. The Morgan fingerprint density at radius 3 is 0.986 bits per heavy atom. The molecular weight excluding hydrogens is 985 g/mol. The highest BCUT2D eigenvalue weighted by Gasteiger charge is 1.78. The van der Waals surface area contributed by atoms with Crippen LogP contribution in [0, 0.1) is 167 Å². The summed E-state index contributed by atoms with van der Waals surface area (Å²) in [5, 5.41) is 12.0. The van der Waals surface area contributed by atoms with Gasteiger partial charge in [-0.25, -0.2) is 4.21 Å².